The minimum absolute atomic E-state index is 0.154. The minimum Gasteiger partial charge on any atom is -0.490 e. The quantitative estimate of drug-likeness (QED) is 0.496. The molecule has 1 saturated carbocycles. The van der Waals surface area contributed by atoms with Crippen molar-refractivity contribution in [3.63, 3.8) is 0 Å². The number of benzene rings is 1. The van der Waals surface area contributed by atoms with E-state index in [1.165, 1.54) is 12.5 Å². The van der Waals surface area contributed by atoms with Crippen LogP contribution in [0.1, 0.15) is 28.8 Å². The highest BCUT2D eigenvalue weighted by atomic mass is 35.5. The number of nitrogen functional groups attached to an aromatic ring is 1. The van der Waals surface area contributed by atoms with E-state index in [9.17, 15) is 9.59 Å². The van der Waals surface area contributed by atoms with E-state index in [4.69, 9.17) is 38.4 Å². The summed E-state index contributed by atoms with van der Waals surface area (Å²) in [6, 6.07) is 4.88. The number of halogens is 2. The molecule has 2 heterocycles. The van der Waals surface area contributed by atoms with Gasteiger partial charge in [0.1, 0.15) is 23.5 Å². The highest BCUT2D eigenvalue weighted by Gasteiger charge is 2.25. The van der Waals surface area contributed by atoms with Crippen LogP contribution in [0.5, 0.6) is 5.75 Å². The first-order chi connectivity index (χ1) is 15.9. The summed E-state index contributed by atoms with van der Waals surface area (Å²) in [5.74, 6) is -0.448. The molecule has 0 unspecified atom stereocenters. The second-order valence-electron chi connectivity index (χ2n) is 7.51. The maximum absolute atomic E-state index is 13.2. The van der Waals surface area contributed by atoms with Gasteiger partial charge in [0.2, 0.25) is 0 Å². The molecular formula is C22H21Cl2N5O4. The molecule has 9 nitrogen and oxygen atoms in total. The van der Waals surface area contributed by atoms with Crippen molar-refractivity contribution < 1.29 is 14.3 Å². The van der Waals surface area contributed by atoms with Gasteiger partial charge in [0.05, 0.1) is 40.3 Å². The molecule has 0 atom stereocenters. The van der Waals surface area contributed by atoms with Crippen molar-refractivity contribution >= 4 is 40.6 Å². The number of nitrogens with two attached hydrogens (primary N) is 1. The molecule has 0 aliphatic heterocycles. The zero-order valence-electron chi connectivity index (χ0n) is 17.7. The number of hydrogen-bond donors (Lipinski definition) is 2. The van der Waals surface area contributed by atoms with Crippen LogP contribution in [0.4, 0.5) is 11.5 Å². The molecule has 3 N–H and O–H groups in total. The van der Waals surface area contributed by atoms with Gasteiger partial charge in [0, 0.05) is 25.4 Å². The largest absolute Gasteiger partial charge is 0.490 e. The molecule has 0 spiro atoms. The summed E-state index contributed by atoms with van der Waals surface area (Å²) in [6.07, 6.45) is 7.03. The summed E-state index contributed by atoms with van der Waals surface area (Å²) in [4.78, 5) is 34.2. The van der Waals surface area contributed by atoms with Crippen LogP contribution < -0.4 is 21.3 Å². The second kappa shape index (κ2) is 9.78. The Bertz CT molecular complexity index is 1240. The lowest BCUT2D eigenvalue weighted by atomic mass is 10.2. The van der Waals surface area contributed by atoms with Crippen LogP contribution in [-0.4, -0.2) is 40.3 Å². The Hall–Kier alpha value is -3.14. The van der Waals surface area contributed by atoms with E-state index in [0.717, 1.165) is 23.0 Å². The number of nitrogens with zero attached hydrogens (tertiary/aromatic N) is 3. The normalized spacial score (nSPS) is 13.1. The topological polar surface area (TPSA) is 121 Å². The standard InChI is InChI=1S/C22H21Cl2N5O4/c1-32-5-4-12-6-13(10-26-9-12)28-21(30)18-20(25)27-11-29(22(18)31)19-16(23)7-15(8-17(19)24)33-14-2-3-14/h6-11,14H,2-5,25H2,1H3,(H,28,30). The van der Waals surface area contributed by atoms with Crippen molar-refractivity contribution in [2.75, 3.05) is 24.8 Å². The number of amides is 1. The number of pyridine rings is 1. The van der Waals surface area contributed by atoms with Gasteiger partial charge in [-0.25, -0.2) is 4.98 Å². The Kier molecular flexibility index (Phi) is 6.83. The van der Waals surface area contributed by atoms with Crippen LogP contribution >= 0.6 is 23.2 Å². The molecule has 1 fully saturated rings. The molecule has 172 valence electrons. The maximum atomic E-state index is 13.2. The van der Waals surface area contributed by atoms with Crippen LogP contribution in [0.25, 0.3) is 5.69 Å². The van der Waals surface area contributed by atoms with Gasteiger partial charge in [-0.2, -0.15) is 0 Å². The van der Waals surface area contributed by atoms with Crippen LogP contribution in [0.2, 0.25) is 10.0 Å². The van der Waals surface area contributed by atoms with Crippen molar-refractivity contribution in [1.29, 1.82) is 0 Å². The number of aromatic nitrogens is 3. The molecule has 11 heteroatoms. The maximum Gasteiger partial charge on any atom is 0.273 e. The summed E-state index contributed by atoms with van der Waals surface area (Å²) in [7, 11) is 1.60. The third-order valence-electron chi connectivity index (χ3n) is 4.93. The van der Waals surface area contributed by atoms with Gasteiger partial charge in [-0.05, 0) is 30.9 Å². The molecule has 1 aliphatic carbocycles. The minimum atomic E-state index is -0.731. The summed E-state index contributed by atoms with van der Waals surface area (Å²) >= 11 is 12.8. The molecule has 4 rings (SSSR count). The number of carbonyl (C=O) groups excluding carboxylic acids is 1. The Balaban J connectivity index is 1.65. The van der Waals surface area contributed by atoms with Gasteiger partial charge in [-0.3, -0.25) is 19.1 Å². The lowest BCUT2D eigenvalue weighted by Crippen LogP contribution is -2.31. The zero-order valence-corrected chi connectivity index (χ0v) is 19.2. The van der Waals surface area contributed by atoms with Crippen molar-refractivity contribution in [2.24, 2.45) is 0 Å². The Labute approximate surface area is 199 Å². The predicted molar refractivity (Wildman–Crippen MR) is 126 cm³/mol. The van der Waals surface area contributed by atoms with Crippen molar-refractivity contribution in [3.05, 3.63) is 68.4 Å². The van der Waals surface area contributed by atoms with Gasteiger partial charge < -0.3 is 20.5 Å². The molecular weight excluding hydrogens is 469 g/mol. The summed E-state index contributed by atoms with van der Waals surface area (Å²) in [5, 5.41) is 2.99. The molecule has 33 heavy (non-hydrogen) atoms. The third-order valence-corrected chi connectivity index (χ3v) is 5.51. The van der Waals surface area contributed by atoms with E-state index in [0.29, 0.717) is 24.5 Å². The highest BCUT2D eigenvalue weighted by Crippen LogP contribution is 2.35. The summed E-state index contributed by atoms with van der Waals surface area (Å²) < 4.78 is 11.9. The van der Waals surface area contributed by atoms with Crippen LogP contribution in [0, 0.1) is 0 Å². The number of carbonyl (C=O) groups is 1. The van der Waals surface area contributed by atoms with Gasteiger partial charge in [0.15, 0.2) is 0 Å². The number of methoxy groups -OCH3 is 1. The average Bonchev–Trinajstić information content (AvgIpc) is 3.57. The molecule has 1 amide bonds. The van der Waals surface area contributed by atoms with Crippen LogP contribution in [-0.2, 0) is 11.2 Å². The van der Waals surface area contributed by atoms with E-state index in [1.807, 2.05) is 0 Å². The fourth-order valence-electron chi connectivity index (χ4n) is 3.16. The SMILES string of the molecule is COCCc1cncc(NC(=O)c2c(N)ncn(-c3c(Cl)cc(OC4CC4)cc3Cl)c2=O)c1. The van der Waals surface area contributed by atoms with Crippen molar-refractivity contribution in [3.8, 4) is 11.4 Å². The average molecular weight is 490 g/mol. The van der Waals surface area contributed by atoms with Crippen molar-refractivity contribution in [2.45, 2.75) is 25.4 Å². The molecule has 1 aromatic carbocycles. The van der Waals surface area contributed by atoms with E-state index in [2.05, 4.69) is 15.3 Å². The highest BCUT2D eigenvalue weighted by molar-refractivity contribution is 6.38. The fourth-order valence-corrected chi connectivity index (χ4v) is 3.81. The monoisotopic (exact) mass is 489 g/mol. The summed E-state index contributed by atoms with van der Waals surface area (Å²) in [6.45, 7) is 0.505. The Morgan fingerprint density at radius 1 is 1.24 bits per heavy atom. The fraction of sp³-hybridized carbons (Fsp3) is 0.273. The van der Waals surface area contributed by atoms with E-state index in [-0.39, 0.29) is 33.2 Å². The first-order valence-electron chi connectivity index (χ1n) is 10.1. The lowest BCUT2D eigenvalue weighted by molar-refractivity contribution is 0.102. The van der Waals surface area contributed by atoms with Crippen molar-refractivity contribution in [1.82, 2.24) is 14.5 Å². The smallest absolute Gasteiger partial charge is 0.273 e. The van der Waals surface area contributed by atoms with Gasteiger partial charge in [0.25, 0.3) is 11.5 Å². The number of ether oxygens (including phenoxy) is 2. The second-order valence-corrected chi connectivity index (χ2v) is 8.33. The Morgan fingerprint density at radius 2 is 1.97 bits per heavy atom. The zero-order chi connectivity index (χ0) is 23.5. The van der Waals surface area contributed by atoms with Crippen LogP contribution in [0.15, 0.2) is 41.7 Å². The third kappa shape index (κ3) is 5.27. The molecule has 3 aromatic rings. The number of hydrogen-bond acceptors (Lipinski definition) is 7. The van der Waals surface area contributed by atoms with Crippen LogP contribution in [0.3, 0.4) is 0 Å². The molecule has 2 aromatic heterocycles. The molecule has 0 radical (unpaired) electrons. The predicted octanol–water partition coefficient (Wildman–Crippen LogP) is 3.50. The molecule has 0 saturated heterocycles. The van der Waals surface area contributed by atoms with E-state index >= 15 is 0 Å². The van der Waals surface area contributed by atoms with E-state index < -0.39 is 11.5 Å². The first-order valence-corrected chi connectivity index (χ1v) is 10.9. The summed E-state index contributed by atoms with van der Waals surface area (Å²) in [5.41, 5.74) is 6.26. The number of rotatable bonds is 8. The lowest BCUT2D eigenvalue weighted by Gasteiger charge is -2.14. The van der Waals surface area contributed by atoms with E-state index in [1.54, 1.807) is 31.5 Å². The molecule has 1 aliphatic rings. The number of anilines is 2. The Morgan fingerprint density at radius 3 is 2.64 bits per heavy atom. The number of nitrogens with one attached hydrogen (secondary N) is 1. The first kappa shape index (κ1) is 23.0. The molecule has 0 bridgehead atoms. The van der Waals surface area contributed by atoms with Gasteiger partial charge >= 0.3 is 0 Å². The van der Waals surface area contributed by atoms with Gasteiger partial charge in [-0.1, -0.05) is 23.2 Å². The van der Waals surface area contributed by atoms with Gasteiger partial charge in [-0.15, -0.1) is 0 Å².